The lowest BCUT2D eigenvalue weighted by Crippen LogP contribution is -2.30. The van der Waals surface area contributed by atoms with E-state index in [2.05, 4.69) is 5.43 Å². The Bertz CT molecular complexity index is 465. The summed E-state index contributed by atoms with van der Waals surface area (Å²) in [6.07, 6.45) is 3.96. The minimum Gasteiger partial charge on any atom is -0.472 e. The van der Waals surface area contributed by atoms with Crippen molar-refractivity contribution in [3.05, 3.63) is 58.0 Å². The molecule has 2 aromatic rings. The smallest absolute Gasteiger partial charge is 0.0935 e. The summed E-state index contributed by atoms with van der Waals surface area (Å²) in [6, 6.07) is 7.13. The van der Waals surface area contributed by atoms with Gasteiger partial charge in [0.05, 0.1) is 18.6 Å². The molecule has 3 N–H and O–H groups in total. The molecule has 0 saturated carbocycles. The lowest BCUT2D eigenvalue weighted by atomic mass is 10.0. The van der Waals surface area contributed by atoms with E-state index in [0.717, 1.165) is 11.1 Å². The average Bonchev–Trinajstić information content (AvgIpc) is 2.80. The number of hydrazine groups is 1. The van der Waals surface area contributed by atoms with Gasteiger partial charge in [-0.1, -0.05) is 29.3 Å². The number of hydrogen-bond donors (Lipinski definition) is 2. The monoisotopic (exact) mass is 270 g/mol. The second kappa shape index (κ2) is 5.56. The second-order valence-electron chi connectivity index (χ2n) is 3.69. The highest BCUT2D eigenvalue weighted by Gasteiger charge is 2.17. The first-order valence-corrected chi connectivity index (χ1v) is 5.89. The van der Waals surface area contributed by atoms with E-state index < -0.39 is 0 Å². The first kappa shape index (κ1) is 12.5. The fraction of sp³-hybridized carbons (Fsp3) is 0.167. The molecule has 17 heavy (non-hydrogen) atoms. The number of halogens is 2. The maximum absolute atomic E-state index is 6.14. The number of rotatable bonds is 4. The Hall–Kier alpha value is -1.00. The van der Waals surface area contributed by atoms with Crippen LogP contribution < -0.4 is 11.3 Å². The Balaban J connectivity index is 2.29. The number of nitrogens with two attached hydrogens (primary N) is 1. The van der Waals surface area contributed by atoms with E-state index in [4.69, 9.17) is 33.5 Å². The van der Waals surface area contributed by atoms with Crippen LogP contribution in [-0.2, 0) is 6.42 Å². The van der Waals surface area contributed by atoms with Crippen molar-refractivity contribution in [1.82, 2.24) is 5.43 Å². The molecule has 3 nitrogen and oxygen atoms in total. The molecule has 1 atom stereocenters. The van der Waals surface area contributed by atoms with Crippen LogP contribution >= 0.6 is 23.2 Å². The lowest BCUT2D eigenvalue weighted by Gasteiger charge is -2.18. The van der Waals surface area contributed by atoms with Crippen LogP contribution in [-0.4, -0.2) is 0 Å². The summed E-state index contributed by atoms with van der Waals surface area (Å²) in [4.78, 5) is 0. The molecule has 1 heterocycles. The number of nitrogens with one attached hydrogen (secondary N) is 1. The molecule has 0 bridgehead atoms. The van der Waals surface area contributed by atoms with Crippen LogP contribution in [0.15, 0.2) is 41.2 Å². The van der Waals surface area contributed by atoms with Gasteiger partial charge >= 0.3 is 0 Å². The topological polar surface area (TPSA) is 51.2 Å². The molecule has 0 amide bonds. The summed E-state index contributed by atoms with van der Waals surface area (Å²) in [5.74, 6) is 5.56. The molecular formula is C12H12Cl2N2O. The van der Waals surface area contributed by atoms with Crippen LogP contribution in [0.1, 0.15) is 17.2 Å². The van der Waals surface area contributed by atoms with E-state index in [0.29, 0.717) is 16.5 Å². The lowest BCUT2D eigenvalue weighted by molar-refractivity contribution is 0.536. The highest BCUT2D eigenvalue weighted by Crippen LogP contribution is 2.31. The minimum atomic E-state index is -0.145. The maximum Gasteiger partial charge on any atom is 0.0935 e. The predicted octanol–water partition coefficient (Wildman–Crippen LogP) is 3.33. The van der Waals surface area contributed by atoms with Crippen molar-refractivity contribution in [3.8, 4) is 0 Å². The largest absolute Gasteiger partial charge is 0.472 e. The third kappa shape index (κ3) is 2.82. The summed E-state index contributed by atoms with van der Waals surface area (Å²) in [5, 5.41) is 1.20. The van der Waals surface area contributed by atoms with E-state index in [9.17, 15) is 0 Å². The normalized spacial score (nSPS) is 12.6. The molecule has 0 aliphatic rings. The van der Waals surface area contributed by atoms with Crippen molar-refractivity contribution >= 4 is 23.2 Å². The standard InChI is InChI=1S/C12H12Cl2N2O/c13-9-2-1-3-10(14)12(9)11(16-15)6-8-4-5-17-7-8/h1-5,7,11,16H,6,15H2. The van der Waals surface area contributed by atoms with Gasteiger partial charge in [0.25, 0.3) is 0 Å². The molecule has 2 rings (SSSR count). The van der Waals surface area contributed by atoms with E-state index in [1.807, 2.05) is 6.07 Å². The fourth-order valence-electron chi connectivity index (χ4n) is 1.73. The highest BCUT2D eigenvalue weighted by atomic mass is 35.5. The highest BCUT2D eigenvalue weighted by molar-refractivity contribution is 6.36. The molecule has 1 aromatic heterocycles. The molecule has 0 aliphatic carbocycles. The van der Waals surface area contributed by atoms with E-state index in [1.165, 1.54) is 0 Å². The third-order valence-corrected chi connectivity index (χ3v) is 3.23. The molecule has 0 fully saturated rings. The van der Waals surface area contributed by atoms with Crippen LogP contribution in [0.3, 0.4) is 0 Å². The van der Waals surface area contributed by atoms with Crippen molar-refractivity contribution in [2.24, 2.45) is 5.84 Å². The minimum absolute atomic E-state index is 0.145. The zero-order valence-electron chi connectivity index (χ0n) is 8.99. The zero-order chi connectivity index (χ0) is 12.3. The number of benzene rings is 1. The van der Waals surface area contributed by atoms with E-state index in [1.54, 1.807) is 30.7 Å². The average molecular weight is 271 g/mol. The van der Waals surface area contributed by atoms with Crippen LogP contribution in [0.25, 0.3) is 0 Å². The van der Waals surface area contributed by atoms with Crippen LogP contribution in [0, 0.1) is 0 Å². The Morgan fingerprint density at radius 1 is 1.24 bits per heavy atom. The molecule has 0 spiro atoms. The van der Waals surface area contributed by atoms with Crippen LogP contribution in [0.4, 0.5) is 0 Å². The first-order valence-electron chi connectivity index (χ1n) is 5.13. The van der Waals surface area contributed by atoms with Gasteiger partial charge in [-0.15, -0.1) is 0 Å². The molecule has 0 radical (unpaired) electrons. The number of furan rings is 1. The summed E-state index contributed by atoms with van der Waals surface area (Å²) < 4.78 is 5.02. The van der Waals surface area contributed by atoms with Crippen molar-refractivity contribution in [3.63, 3.8) is 0 Å². The quantitative estimate of drug-likeness (QED) is 0.662. The Labute approximate surface area is 109 Å². The molecule has 0 saturated heterocycles. The van der Waals surface area contributed by atoms with Gasteiger partial charge in [0.1, 0.15) is 0 Å². The summed E-state index contributed by atoms with van der Waals surface area (Å²) in [7, 11) is 0. The first-order chi connectivity index (χ1) is 8.22. The maximum atomic E-state index is 6.14. The van der Waals surface area contributed by atoms with Gasteiger partial charge in [-0.25, -0.2) is 0 Å². The fourth-order valence-corrected chi connectivity index (χ4v) is 2.39. The van der Waals surface area contributed by atoms with Crippen molar-refractivity contribution in [2.75, 3.05) is 0 Å². The van der Waals surface area contributed by atoms with Gasteiger partial charge in [0.15, 0.2) is 0 Å². The Morgan fingerprint density at radius 3 is 2.47 bits per heavy atom. The van der Waals surface area contributed by atoms with Gasteiger partial charge in [-0.05, 0) is 30.2 Å². The molecular weight excluding hydrogens is 259 g/mol. The van der Waals surface area contributed by atoms with Gasteiger partial charge in [0.2, 0.25) is 0 Å². The Kier molecular flexibility index (Phi) is 4.07. The van der Waals surface area contributed by atoms with Crippen molar-refractivity contribution in [1.29, 1.82) is 0 Å². The molecule has 1 aromatic carbocycles. The van der Waals surface area contributed by atoms with Crippen LogP contribution in [0.5, 0.6) is 0 Å². The Morgan fingerprint density at radius 2 is 1.94 bits per heavy atom. The summed E-state index contributed by atoms with van der Waals surface area (Å²) >= 11 is 12.3. The van der Waals surface area contributed by atoms with Crippen molar-refractivity contribution < 1.29 is 4.42 Å². The van der Waals surface area contributed by atoms with Crippen LogP contribution in [0.2, 0.25) is 10.0 Å². The van der Waals surface area contributed by atoms with E-state index >= 15 is 0 Å². The third-order valence-electron chi connectivity index (χ3n) is 2.57. The summed E-state index contributed by atoms with van der Waals surface area (Å²) in [5.41, 5.74) is 4.56. The van der Waals surface area contributed by atoms with Gasteiger partial charge in [-0.2, -0.15) is 0 Å². The molecule has 1 unspecified atom stereocenters. The molecule has 5 heteroatoms. The zero-order valence-corrected chi connectivity index (χ0v) is 10.5. The van der Waals surface area contributed by atoms with Gasteiger partial charge in [0, 0.05) is 15.6 Å². The summed E-state index contributed by atoms with van der Waals surface area (Å²) in [6.45, 7) is 0. The van der Waals surface area contributed by atoms with Crippen molar-refractivity contribution in [2.45, 2.75) is 12.5 Å². The predicted molar refractivity (Wildman–Crippen MR) is 68.9 cm³/mol. The molecule has 90 valence electrons. The molecule has 0 aliphatic heterocycles. The van der Waals surface area contributed by atoms with Gasteiger partial charge in [-0.3, -0.25) is 11.3 Å². The number of hydrogen-bond acceptors (Lipinski definition) is 3. The van der Waals surface area contributed by atoms with Gasteiger partial charge < -0.3 is 4.42 Å². The SMILES string of the molecule is NNC(Cc1ccoc1)c1c(Cl)cccc1Cl. The van der Waals surface area contributed by atoms with E-state index in [-0.39, 0.29) is 6.04 Å². The second-order valence-corrected chi connectivity index (χ2v) is 4.50.